The molecule has 24 heavy (non-hydrogen) atoms. The first-order chi connectivity index (χ1) is 11.7. The molecule has 0 radical (unpaired) electrons. The average Bonchev–Trinajstić information content (AvgIpc) is 3.10. The number of thioether (sulfide) groups is 1. The molecule has 3 rings (SSSR count). The Morgan fingerprint density at radius 1 is 1.12 bits per heavy atom. The number of nitrogens with zero attached hydrogens (tertiary/aromatic N) is 1. The molecule has 1 amide bonds. The highest BCUT2D eigenvalue weighted by Crippen LogP contribution is 2.21. The van der Waals surface area contributed by atoms with Crippen molar-refractivity contribution in [2.45, 2.75) is 11.8 Å². The van der Waals surface area contributed by atoms with Gasteiger partial charge < -0.3 is 9.84 Å². The molecule has 3 aromatic rings. The maximum Gasteiger partial charge on any atom is 0.273 e. The quantitative estimate of drug-likeness (QED) is 0.541. The second kappa shape index (κ2) is 7.84. The minimum atomic E-state index is -0.217. The molecule has 0 aliphatic heterocycles. The fourth-order valence-electron chi connectivity index (χ4n) is 2.18. The van der Waals surface area contributed by atoms with Gasteiger partial charge in [-0.15, -0.1) is 11.8 Å². The van der Waals surface area contributed by atoms with E-state index in [-0.39, 0.29) is 5.91 Å². The van der Waals surface area contributed by atoms with Gasteiger partial charge in [-0.05, 0) is 19.1 Å². The fraction of sp³-hybridized carbons (Fsp3) is 0.158. The zero-order chi connectivity index (χ0) is 16.8. The highest BCUT2D eigenvalue weighted by Gasteiger charge is 2.13. The van der Waals surface area contributed by atoms with Gasteiger partial charge in [0.1, 0.15) is 0 Å². The summed E-state index contributed by atoms with van der Waals surface area (Å²) in [5, 5.41) is 6.72. The van der Waals surface area contributed by atoms with Crippen molar-refractivity contribution >= 4 is 17.7 Å². The van der Waals surface area contributed by atoms with Crippen molar-refractivity contribution in [2.75, 3.05) is 12.3 Å². The van der Waals surface area contributed by atoms with Crippen molar-refractivity contribution in [3.63, 3.8) is 0 Å². The van der Waals surface area contributed by atoms with Gasteiger partial charge in [0.15, 0.2) is 11.5 Å². The average molecular weight is 338 g/mol. The molecule has 0 fully saturated rings. The first-order valence-electron chi connectivity index (χ1n) is 7.72. The largest absolute Gasteiger partial charge is 0.355 e. The molecule has 1 N–H and O–H groups in total. The first-order valence-corrected chi connectivity index (χ1v) is 8.71. The van der Waals surface area contributed by atoms with Crippen LogP contribution in [0.2, 0.25) is 0 Å². The third kappa shape index (κ3) is 4.26. The lowest BCUT2D eigenvalue weighted by molar-refractivity contribution is 0.0947. The summed E-state index contributed by atoms with van der Waals surface area (Å²) >= 11 is 1.70. The molecule has 122 valence electrons. The number of aromatic nitrogens is 1. The fourth-order valence-corrected chi connectivity index (χ4v) is 2.97. The van der Waals surface area contributed by atoms with Gasteiger partial charge in [0.2, 0.25) is 0 Å². The smallest absolute Gasteiger partial charge is 0.273 e. The lowest BCUT2D eigenvalue weighted by Crippen LogP contribution is -2.25. The van der Waals surface area contributed by atoms with Crippen molar-refractivity contribution in [1.29, 1.82) is 0 Å². The van der Waals surface area contributed by atoms with Crippen molar-refractivity contribution in [3.05, 3.63) is 71.9 Å². The number of aryl methyl sites for hydroxylation is 1. The molecule has 5 heteroatoms. The van der Waals surface area contributed by atoms with E-state index in [0.717, 1.165) is 11.3 Å². The second-order valence-electron chi connectivity index (χ2n) is 5.36. The van der Waals surface area contributed by atoms with Gasteiger partial charge in [0.05, 0.1) is 0 Å². The van der Waals surface area contributed by atoms with E-state index in [1.165, 1.54) is 10.5 Å². The van der Waals surface area contributed by atoms with Crippen LogP contribution in [0.5, 0.6) is 0 Å². The van der Waals surface area contributed by atoms with Crippen LogP contribution in [0, 0.1) is 6.92 Å². The summed E-state index contributed by atoms with van der Waals surface area (Å²) in [5.41, 5.74) is 2.38. The molecule has 0 aliphatic rings. The van der Waals surface area contributed by atoms with Crippen LogP contribution in [0.3, 0.4) is 0 Å². The molecule has 0 bridgehead atoms. The van der Waals surface area contributed by atoms with Crippen LogP contribution in [0.1, 0.15) is 16.1 Å². The van der Waals surface area contributed by atoms with E-state index in [9.17, 15) is 4.79 Å². The van der Waals surface area contributed by atoms with Crippen molar-refractivity contribution in [2.24, 2.45) is 0 Å². The lowest BCUT2D eigenvalue weighted by atomic mass is 10.1. The van der Waals surface area contributed by atoms with Crippen LogP contribution >= 0.6 is 11.8 Å². The number of amides is 1. The molecule has 0 saturated carbocycles. The van der Waals surface area contributed by atoms with Gasteiger partial charge in [-0.1, -0.05) is 53.2 Å². The zero-order valence-corrected chi connectivity index (χ0v) is 14.2. The lowest BCUT2D eigenvalue weighted by Gasteiger charge is -2.02. The van der Waals surface area contributed by atoms with Crippen molar-refractivity contribution in [1.82, 2.24) is 10.5 Å². The molecule has 4 nitrogen and oxygen atoms in total. The monoisotopic (exact) mass is 338 g/mol. The summed E-state index contributed by atoms with van der Waals surface area (Å²) in [6.07, 6.45) is 0. The maximum atomic E-state index is 12.1. The summed E-state index contributed by atoms with van der Waals surface area (Å²) in [6.45, 7) is 2.60. The number of rotatable bonds is 6. The molecule has 0 atom stereocenters. The second-order valence-corrected chi connectivity index (χ2v) is 6.53. The van der Waals surface area contributed by atoms with E-state index in [4.69, 9.17) is 4.52 Å². The minimum absolute atomic E-state index is 0.217. The molecule has 0 saturated heterocycles. The minimum Gasteiger partial charge on any atom is -0.355 e. The van der Waals surface area contributed by atoms with Crippen molar-refractivity contribution < 1.29 is 9.32 Å². The summed E-state index contributed by atoms with van der Waals surface area (Å²) < 4.78 is 5.27. The first kappa shape index (κ1) is 16.3. The van der Waals surface area contributed by atoms with Crippen LogP contribution in [-0.2, 0) is 0 Å². The normalized spacial score (nSPS) is 10.5. The summed E-state index contributed by atoms with van der Waals surface area (Å²) in [7, 11) is 0. The zero-order valence-electron chi connectivity index (χ0n) is 13.4. The summed E-state index contributed by atoms with van der Waals surface area (Å²) in [5.74, 6) is 1.18. The Morgan fingerprint density at radius 3 is 2.62 bits per heavy atom. The van der Waals surface area contributed by atoms with Crippen LogP contribution in [-0.4, -0.2) is 23.4 Å². The Bertz CT molecular complexity index is 798. The number of carbonyl (C=O) groups excluding carboxylic acids is 1. The molecule has 1 heterocycles. The van der Waals surface area contributed by atoms with Crippen molar-refractivity contribution in [3.8, 4) is 11.3 Å². The van der Waals surface area contributed by atoms with Gasteiger partial charge >= 0.3 is 0 Å². The number of hydrogen-bond donors (Lipinski definition) is 1. The summed E-state index contributed by atoms with van der Waals surface area (Å²) in [6, 6.07) is 19.7. The van der Waals surface area contributed by atoms with Gasteiger partial charge in [-0.3, -0.25) is 4.79 Å². The van der Waals surface area contributed by atoms with E-state index < -0.39 is 0 Å². The van der Waals surface area contributed by atoms with E-state index in [0.29, 0.717) is 18.0 Å². The molecule has 2 aromatic carbocycles. The molecule has 0 spiro atoms. The van der Waals surface area contributed by atoms with Crippen LogP contribution in [0.4, 0.5) is 0 Å². The third-order valence-electron chi connectivity index (χ3n) is 3.48. The Morgan fingerprint density at radius 2 is 1.88 bits per heavy atom. The molecule has 1 aromatic heterocycles. The number of carbonyl (C=O) groups is 1. The SMILES string of the molecule is Cc1ccc(-c2cc(C(=O)NCCSc3ccccc3)no2)cc1. The third-order valence-corrected chi connectivity index (χ3v) is 4.49. The van der Waals surface area contributed by atoms with Gasteiger partial charge in [-0.2, -0.15) is 0 Å². The van der Waals surface area contributed by atoms with E-state index in [2.05, 4.69) is 22.6 Å². The van der Waals surface area contributed by atoms with Crippen LogP contribution in [0.25, 0.3) is 11.3 Å². The highest BCUT2D eigenvalue weighted by molar-refractivity contribution is 7.99. The number of nitrogens with one attached hydrogen (secondary N) is 1. The van der Waals surface area contributed by atoms with Crippen LogP contribution < -0.4 is 5.32 Å². The molecule has 0 unspecified atom stereocenters. The Hall–Kier alpha value is -2.53. The number of hydrogen-bond acceptors (Lipinski definition) is 4. The summed E-state index contributed by atoms with van der Waals surface area (Å²) in [4.78, 5) is 13.3. The topological polar surface area (TPSA) is 55.1 Å². The van der Waals surface area contributed by atoms with Gasteiger partial charge in [0, 0.05) is 28.8 Å². The van der Waals surface area contributed by atoms with Crippen LogP contribution in [0.15, 0.2) is 70.1 Å². The predicted octanol–water partition coefficient (Wildman–Crippen LogP) is 4.17. The van der Waals surface area contributed by atoms with E-state index in [1.807, 2.05) is 49.4 Å². The highest BCUT2D eigenvalue weighted by atomic mass is 32.2. The molecule has 0 aliphatic carbocycles. The molecular weight excluding hydrogens is 320 g/mol. The Kier molecular flexibility index (Phi) is 5.33. The predicted molar refractivity (Wildman–Crippen MR) is 96.2 cm³/mol. The van der Waals surface area contributed by atoms with Gasteiger partial charge in [-0.25, -0.2) is 0 Å². The van der Waals surface area contributed by atoms with E-state index >= 15 is 0 Å². The maximum absolute atomic E-state index is 12.1. The Labute approximate surface area is 145 Å². The molecular formula is C19H18N2O2S. The standard InChI is InChI=1S/C19H18N2O2S/c1-14-7-9-15(10-8-14)18-13-17(21-23-18)19(22)20-11-12-24-16-5-3-2-4-6-16/h2-10,13H,11-12H2,1H3,(H,20,22). The Balaban J connectivity index is 1.51. The number of benzene rings is 2. The van der Waals surface area contributed by atoms with E-state index in [1.54, 1.807) is 17.8 Å². The van der Waals surface area contributed by atoms with Gasteiger partial charge in [0.25, 0.3) is 5.91 Å².